The third-order valence-corrected chi connectivity index (χ3v) is 5.36. The minimum absolute atomic E-state index is 0.0342. The van der Waals surface area contributed by atoms with E-state index in [-0.39, 0.29) is 23.0 Å². The summed E-state index contributed by atoms with van der Waals surface area (Å²) in [5.74, 6) is -0.179. The fourth-order valence-corrected chi connectivity index (χ4v) is 3.73. The number of rotatable bonds is 4. The number of hydrogen-bond acceptors (Lipinski definition) is 3. The number of ketones is 1. The van der Waals surface area contributed by atoms with Crippen molar-refractivity contribution in [1.82, 2.24) is 4.90 Å². The maximum Gasteiger partial charge on any atom is 0.573 e. The summed E-state index contributed by atoms with van der Waals surface area (Å²) in [6.45, 7) is 8.11. The first kappa shape index (κ1) is 19.2. The predicted molar refractivity (Wildman–Crippen MR) is 93.5 cm³/mol. The van der Waals surface area contributed by atoms with Crippen LogP contribution in [0.15, 0.2) is 18.2 Å². The Morgan fingerprint density at radius 3 is 2.19 bits per heavy atom. The van der Waals surface area contributed by atoms with Crippen molar-refractivity contribution < 1.29 is 22.7 Å². The molecular formula is C20H26F3NO2. The van der Waals surface area contributed by atoms with Gasteiger partial charge in [-0.25, -0.2) is 0 Å². The van der Waals surface area contributed by atoms with Crippen molar-refractivity contribution >= 4 is 5.78 Å². The van der Waals surface area contributed by atoms with Gasteiger partial charge in [0.15, 0.2) is 5.78 Å². The molecule has 144 valence electrons. The van der Waals surface area contributed by atoms with Gasteiger partial charge in [0.05, 0.1) is 0 Å². The van der Waals surface area contributed by atoms with Crippen molar-refractivity contribution in [2.45, 2.75) is 64.3 Å². The van der Waals surface area contributed by atoms with E-state index in [0.29, 0.717) is 11.5 Å². The second kappa shape index (κ2) is 6.87. The number of carbonyl (C=O) groups excluding carboxylic acids is 1. The molecule has 0 bridgehead atoms. The third-order valence-electron chi connectivity index (χ3n) is 5.36. The topological polar surface area (TPSA) is 29.5 Å². The van der Waals surface area contributed by atoms with E-state index < -0.39 is 6.36 Å². The fraction of sp³-hybridized carbons (Fsp3) is 0.650. The molecule has 1 saturated carbocycles. The molecule has 2 aliphatic rings. The largest absolute Gasteiger partial charge is 0.573 e. The van der Waals surface area contributed by atoms with Gasteiger partial charge in [0, 0.05) is 17.0 Å². The second-order valence-corrected chi connectivity index (χ2v) is 8.37. The molecule has 6 heteroatoms. The molecule has 0 spiro atoms. The molecular weight excluding hydrogens is 343 g/mol. The van der Waals surface area contributed by atoms with Crippen LogP contribution in [0.5, 0.6) is 5.75 Å². The van der Waals surface area contributed by atoms with E-state index in [9.17, 15) is 18.0 Å². The molecule has 0 atom stereocenters. The maximum atomic E-state index is 13.1. The summed E-state index contributed by atoms with van der Waals surface area (Å²) < 4.78 is 41.7. The minimum Gasteiger partial charge on any atom is -0.406 e. The van der Waals surface area contributed by atoms with E-state index in [1.807, 2.05) is 0 Å². The molecule has 1 aromatic rings. The van der Waals surface area contributed by atoms with E-state index in [1.165, 1.54) is 12.1 Å². The molecule has 3 rings (SSSR count). The Bertz CT molecular complexity index is 667. The number of carbonyl (C=O) groups is 1. The summed E-state index contributed by atoms with van der Waals surface area (Å²) in [5.41, 5.74) is 1.36. The number of alkyl halides is 3. The van der Waals surface area contributed by atoms with Crippen LogP contribution in [0.1, 0.15) is 68.3 Å². The number of piperidine rings is 1. The van der Waals surface area contributed by atoms with Gasteiger partial charge in [-0.1, -0.05) is 6.07 Å². The number of ether oxygens (including phenoxy) is 1. The van der Waals surface area contributed by atoms with Gasteiger partial charge in [-0.05, 0) is 83.2 Å². The Kier molecular flexibility index (Phi) is 5.08. The molecule has 0 amide bonds. The highest BCUT2D eigenvalue weighted by Crippen LogP contribution is 2.43. The number of nitrogens with zero attached hydrogens (tertiary/aromatic N) is 1. The number of benzene rings is 1. The van der Waals surface area contributed by atoms with E-state index >= 15 is 0 Å². The minimum atomic E-state index is -4.75. The summed E-state index contributed by atoms with van der Waals surface area (Å²) in [4.78, 5) is 15.4. The van der Waals surface area contributed by atoms with Crippen LogP contribution >= 0.6 is 0 Å². The first-order valence-electron chi connectivity index (χ1n) is 9.23. The van der Waals surface area contributed by atoms with Crippen LogP contribution in [0.25, 0.3) is 0 Å². The lowest BCUT2D eigenvalue weighted by molar-refractivity contribution is -0.274. The van der Waals surface area contributed by atoms with Crippen molar-refractivity contribution in [3.63, 3.8) is 0 Å². The van der Waals surface area contributed by atoms with Crippen molar-refractivity contribution in [2.24, 2.45) is 5.92 Å². The van der Waals surface area contributed by atoms with Gasteiger partial charge in [0.25, 0.3) is 0 Å². The Labute approximate surface area is 152 Å². The van der Waals surface area contributed by atoms with Crippen molar-refractivity contribution in [2.75, 3.05) is 13.1 Å². The van der Waals surface area contributed by atoms with Crippen LogP contribution in [-0.2, 0) is 0 Å². The van der Waals surface area contributed by atoms with E-state index in [0.717, 1.165) is 44.3 Å². The van der Waals surface area contributed by atoms with Gasteiger partial charge in [-0.3, -0.25) is 9.69 Å². The summed E-state index contributed by atoms with van der Waals surface area (Å²) in [6.07, 6.45) is -1.29. The Morgan fingerprint density at radius 1 is 1.08 bits per heavy atom. The molecule has 2 fully saturated rings. The van der Waals surface area contributed by atoms with Gasteiger partial charge >= 0.3 is 6.36 Å². The molecule has 3 nitrogen and oxygen atoms in total. The quantitative estimate of drug-likeness (QED) is 0.687. The maximum absolute atomic E-state index is 13.1. The Balaban J connectivity index is 1.78. The van der Waals surface area contributed by atoms with E-state index in [4.69, 9.17) is 0 Å². The average molecular weight is 369 g/mol. The Hall–Kier alpha value is -1.56. The van der Waals surface area contributed by atoms with Crippen LogP contribution in [0.4, 0.5) is 13.2 Å². The highest BCUT2D eigenvalue weighted by atomic mass is 19.4. The fourth-order valence-electron chi connectivity index (χ4n) is 3.73. The molecule has 1 heterocycles. The van der Waals surface area contributed by atoms with Crippen LogP contribution in [0, 0.1) is 5.92 Å². The molecule has 0 radical (unpaired) electrons. The highest BCUT2D eigenvalue weighted by molar-refractivity contribution is 6.00. The Morgan fingerprint density at radius 2 is 1.69 bits per heavy atom. The zero-order valence-electron chi connectivity index (χ0n) is 15.5. The molecule has 1 aliphatic heterocycles. The van der Waals surface area contributed by atoms with Crippen molar-refractivity contribution in [3.8, 4) is 5.75 Å². The number of Topliss-reactive ketones (excluding diaryl/α,β-unsaturated/α-hetero) is 1. The summed E-state index contributed by atoms with van der Waals surface area (Å²) in [5, 5.41) is 0. The van der Waals surface area contributed by atoms with Gasteiger partial charge in [0.1, 0.15) is 5.75 Å². The molecule has 0 aromatic heterocycles. The molecule has 0 N–H and O–H groups in total. The zero-order chi connectivity index (χ0) is 19.1. The number of likely N-dealkylation sites (tertiary alicyclic amines) is 1. The SMILES string of the molecule is CC(C)(C)N1CCC(C(=O)c2cc(OC(F)(F)F)ccc2C2CC2)CC1. The van der Waals surface area contributed by atoms with Crippen molar-refractivity contribution in [3.05, 3.63) is 29.3 Å². The lowest BCUT2D eigenvalue weighted by Crippen LogP contribution is -2.47. The lowest BCUT2D eigenvalue weighted by Gasteiger charge is -2.40. The smallest absolute Gasteiger partial charge is 0.406 e. The first-order valence-corrected chi connectivity index (χ1v) is 9.23. The molecule has 1 aliphatic carbocycles. The van der Waals surface area contributed by atoms with Gasteiger partial charge in [0.2, 0.25) is 0 Å². The standard InChI is InChI=1S/C20H26F3NO2/c1-19(2,3)24-10-8-14(9-11-24)18(25)17-12-15(26-20(21,22)23)6-7-16(17)13-4-5-13/h6-7,12-14H,4-5,8-11H2,1-3H3. The third kappa shape index (κ3) is 4.58. The van der Waals surface area contributed by atoms with Gasteiger partial charge < -0.3 is 4.74 Å². The first-order chi connectivity index (χ1) is 12.0. The summed E-state index contributed by atoms with van der Waals surface area (Å²) in [7, 11) is 0. The van der Waals surface area contributed by atoms with Crippen LogP contribution in [0.2, 0.25) is 0 Å². The van der Waals surface area contributed by atoms with Crippen molar-refractivity contribution in [1.29, 1.82) is 0 Å². The van der Waals surface area contributed by atoms with Gasteiger partial charge in [-0.15, -0.1) is 13.2 Å². The lowest BCUT2D eigenvalue weighted by atomic mass is 9.85. The molecule has 1 saturated heterocycles. The van der Waals surface area contributed by atoms with Crippen LogP contribution in [0.3, 0.4) is 0 Å². The zero-order valence-corrected chi connectivity index (χ0v) is 15.5. The van der Waals surface area contributed by atoms with E-state index in [1.54, 1.807) is 6.07 Å². The van der Waals surface area contributed by atoms with Crippen LogP contribution < -0.4 is 4.74 Å². The normalized spacial score (nSPS) is 20.2. The van der Waals surface area contributed by atoms with Gasteiger partial charge in [-0.2, -0.15) is 0 Å². The average Bonchev–Trinajstić information content (AvgIpc) is 3.37. The molecule has 26 heavy (non-hydrogen) atoms. The number of halogens is 3. The highest BCUT2D eigenvalue weighted by Gasteiger charge is 2.36. The summed E-state index contributed by atoms with van der Waals surface area (Å²) in [6, 6.07) is 4.25. The molecule has 0 unspecified atom stereocenters. The molecule has 1 aromatic carbocycles. The second-order valence-electron chi connectivity index (χ2n) is 8.37. The van der Waals surface area contributed by atoms with Crippen LogP contribution in [-0.4, -0.2) is 35.7 Å². The number of hydrogen-bond donors (Lipinski definition) is 0. The van der Waals surface area contributed by atoms with E-state index in [2.05, 4.69) is 30.4 Å². The monoisotopic (exact) mass is 369 g/mol. The predicted octanol–water partition coefficient (Wildman–Crippen LogP) is 5.16. The summed E-state index contributed by atoms with van der Waals surface area (Å²) >= 11 is 0.